The molecule has 0 amide bonds. The average molecular weight is 387 g/mol. The van der Waals surface area contributed by atoms with Crippen LogP contribution in [0.15, 0.2) is 35.0 Å². The molecule has 1 aliphatic rings. The fourth-order valence-electron chi connectivity index (χ4n) is 3.70. The lowest BCUT2D eigenvalue weighted by Gasteiger charge is -2.24. The van der Waals surface area contributed by atoms with E-state index in [1.54, 1.807) is 18.3 Å². The molecule has 27 heavy (non-hydrogen) atoms. The SMILES string of the molecule is Cc1noc(C)c1-c1nccc([C@@H]2CCCN2Cc2ccc(Cl)cc2F)n1. The van der Waals surface area contributed by atoms with Crippen LogP contribution in [0.3, 0.4) is 0 Å². The van der Waals surface area contributed by atoms with Gasteiger partial charge in [0.15, 0.2) is 5.82 Å². The Morgan fingerprint density at radius 2 is 2.15 bits per heavy atom. The lowest BCUT2D eigenvalue weighted by molar-refractivity contribution is 0.241. The Bertz CT molecular complexity index is 955. The van der Waals surface area contributed by atoms with Gasteiger partial charge in [0.2, 0.25) is 0 Å². The van der Waals surface area contributed by atoms with Gasteiger partial charge in [-0.3, -0.25) is 4.90 Å². The van der Waals surface area contributed by atoms with Gasteiger partial charge < -0.3 is 4.52 Å². The Morgan fingerprint density at radius 1 is 1.30 bits per heavy atom. The molecule has 1 aromatic carbocycles. The van der Waals surface area contributed by atoms with Gasteiger partial charge in [-0.25, -0.2) is 14.4 Å². The fourth-order valence-corrected chi connectivity index (χ4v) is 3.86. The van der Waals surface area contributed by atoms with Gasteiger partial charge in [0.1, 0.15) is 11.6 Å². The highest BCUT2D eigenvalue weighted by Gasteiger charge is 2.28. The number of hydrogen-bond acceptors (Lipinski definition) is 5. The Morgan fingerprint density at radius 3 is 2.89 bits per heavy atom. The predicted octanol–water partition coefficient (Wildman–Crippen LogP) is 4.88. The zero-order valence-electron chi connectivity index (χ0n) is 15.2. The summed E-state index contributed by atoms with van der Waals surface area (Å²) >= 11 is 5.87. The van der Waals surface area contributed by atoms with Crippen molar-refractivity contribution < 1.29 is 8.91 Å². The second-order valence-corrected chi connectivity index (χ2v) is 7.30. The van der Waals surface area contributed by atoms with Crippen LogP contribution in [-0.4, -0.2) is 26.6 Å². The molecular formula is C20H20ClFN4O. The molecule has 5 nitrogen and oxygen atoms in total. The van der Waals surface area contributed by atoms with Crippen LogP contribution < -0.4 is 0 Å². The van der Waals surface area contributed by atoms with Gasteiger partial charge in [-0.05, 0) is 51.4 Å². The molecular weight excluding hydrogens is 367 g/mol. The average Bonchev–Trinajstić information content (AvgIpc) is 3.24. The Balaban J connectivity index is 1.61. The number of rotatable bonds is 4. The molecule has 3 aromatic rings. The molecule has 1 atom stereocenters. The lowest BCUT2D eigenvalue weighted by atomic mass is 10.1. The largest absolute Gasteiger partial charge is 0.361 e. The molecule has 0 aliphatic carbocycles. The van der Waals surface area contributed by atoms with Gasteiger partial charge in [0.25, 0.3) is 0 Å². The summed E-state index contributed by atoms with van der Waals surface area (Å²) in [5.74, 6) is 1.05. The molecule has 0 radical (unpaired) electrons. The van der Waals surface area contributed by atoms with E-state index in [1.807, 2.05) is 19.9 Å². The number of halogens is 2. The second-order valence-electron chi connectivity index (χ2n) is 6.87. The van der Waals surface area contributed by atoms with Crippen LogP contribution in [0.25, 0.3) is 11.4 Å². The molecule has 0 unspecified atom stereocenters. The minimum Gasteiger partial charge on any atom is -0.361 e. The quantitative estimate of drug-likeness (QED) is 0.639. The number of aromatic nitrogens is 3. The van der Waals surface area contributed by atoms with Gasteiger partial charge in [-0.2, -0.15) is 0 Å². The molecule has 1 aliphatic heterocycles. The number of likely N-dealkylation sites (tertiary alicyclic amines) is 1. The highest BCUT2D eigenvalue weighted by Crippen LogP contribution is 2.34. The summed E-state index contributed by atoms with van der Waals surface area (Å²) in [6.45, 7) is 5.17. The van der Waals surface area contributed by atoms with Crippen molar-refractivity contribution in [2.24, 2.45) is 0 Å². The maximum absolute atomic E-state index is 14.2. The summed E-state index contributed by atoms with van der Waals surface area (Å²) in [5, 5.41) is 4.40. The molecule has 2 aromatic heterocycles. The summed E-state index contributed by atoms with van der Waals surface area (Å²) in [7, 11) is 0. The second kappa shape index (κ2) is 7.37. The standard InChI is InChI=1S/C20H20ClFN4O/c1-12-19(13(2)27-25-12)20-23-8-7-17(24-20)18-4-3-9-26(18)11-14-5-6-15(21)10-16(14)22/h5-8,10,18H,3-4,9,11H2,1-2H3/t18-/m0/s1. The topological polar surface area (TPSA) is 55.1 Å². The zero-order valence-corrected chi connectivity index (χ0v) is 16.0. The third-order valence-corrected chi connectivity index (χ3v) is 5.26. The number of hydrogen-bond donors (Lipinski definition) is 0. The number of nitrogens with zero attached hydrogens (tertiary/aromatic N) is 4. The highest BCUT2D eigenvalue weighted by atomic mass is 35.5. The van der Waals surface area contributed by atoms with Crippen LogP contribution in [0, 0.1) is 19.7 Å². The van der Waals surface area contributed by atoms with Crippen molar-refractivity contribution in [1.82, 2.24) is 20.0 Å². The number of aryl methyl sites for hydroxylation is 2. The van der Waals surface area contributed by atoms with Crippen molar-refractivity contribution in [1.29, 1.82) is 0 Å². The third kappa shape index (κ3) is 3.59. The van der Waals surface area contributed by atoms with Crippen LogP contribution in [-0.2, 0) is 6.54 Å². The lowest BCUT2D eigenvalue weighted by Crippen LogP contribution is -2.24. The Kier molecular flexibility index (Phi) is 4.93. The van der Waals surface area contributed by atoms with E-state index in [2.05, 4.69) is 15.0 Å². The number of benzene rings is 1. The molecule has 140 valence electrons. The molecule has 0 bridgehead atoms. The van der Waals surface area contributed by atoms with Crippen molar-refractivity contribution in [3.63, 3.8) is 0 Å². The maximum Gasteiger partial charge on any atom is 0.164 e. The molecule has 0 saturated carbocycles. The van der Waals surface area contributed by atoms with Gasteiger partial charge in [0, 0.05) is 23.3 Å². The van der Waals surface area contributed by atoms with E-state index < -0.39 is 0 Å². The van der Waals surface area contributed by atoms with Crippen molar-refractivity contribution in [3.05, 3.63) is 64.0 Å². The van der Waals surface area contributed by atoms with Gasteiger partial charge >= 0.3 is 0 Å². The Labute approximate surface area is 162 Å². The summed E-state index contributed by atoms with van der Waals surface area (Å²) in [5.41, 5.74) is 3.19. The van der Waals surface area contributed by atoms with Gasteiger partial charge in [-0.15, -0.1) is 0 Å². The van der Waals surface area contributed by atoms with E-state index in [0.717, 1.165) is 36.3 Å². The van der Waals surface area contributed by atoms with Gasteiger partial charge in [-0.1, -0.05) is 22.8 Å². The van der Waals surface area contributed by atoms with E-state index >= 15 is 0 Å². The Hall–Kier alpha value is -2.31. The molecule has 0 spiro atoms. The van der Waals surface area contributed by atoms with Crippen LogP contribution >= 0.6 is 11.6 Å². The van der Waals surface area contributed by atoms with Gasteiger partial charge in [0.05, 0.1) is 23.0 Å². The summed E-state index contributed by atoms with van der Waals surface area (Å²) in [4.78, 5) is 11.4. The third-order valence-electron chi connectivity index (χ3n) is 5.03. The normalized spacial score (nSPS) is 17.6. The molecule has 0 N–H and O–H groups in total. The first-order valence-corrected chi connectivity index (χ1v) is 9.35. The summed E-state index contributed by atoms with van der Waals surface area (Å²) in [6, 6.07) is 6.90. The van der Waals surface area contributed by atoms with E-state index in [-0.39, 0.29) is 11.9 Å². The van der Waals surface area contributed by atoms with Crippen LogP contribution in [0.4, 0.5) is 4.39 Å². The first-order chi connectivity index (χ1) is 13.0. The minimum atomic E-state index is -0.271. The maximum atomic E-state index is 14.2. The summed E-state index contributed by atoms with van der Waals surface area (Å²) in [6.07, 6.45) is 3.79. The highest BCUT2D eigenvalue weighted by molar-refractivity contribution is 6.30. The van der Waals surface area contributed by atoms with Crippen molar-refractivity contribution in [2.45, 2.75) is 39.3 Å². The smallest absolute Gasteiger partial charge is 0.164 e. The van der Waals surface area contributed by atoms with Crippen LogP contribution in [0.1, 0.15) is 41.6 Å². The van der Waals surface area contributed by atoms with Crippen molar-refractivity contribution >= 4 is 11.6 Å². The summed E-state index contributed by atoms with van der Waals surface area (Å²) < 4.78 is 19.5. The van der Waals surface area contributed by atoms with E-state index in [9.17, 15) is 4.39 Å². The monoisotopic (exact) mass is 386 g/mol. The molecule has 4 rings (SSSR count). The molecule has 1 saturated heterocycles. The van der Waals surface area contributed by atoms with E-state index in [1.165, 1.54) is 6.07 Å². The van der Waals surface area contributed by atoms with E-state index in [4.69, 9.17) is 21.1 Å². The minimum absolute atomic E-state index is 0.127. The van der Waals surface area contributed by atoms with E-state index in [0.29, 0.717) is 28.7 Å². The first-order valence-electron chi connectivity index (χ1n) is 8.97. The zero-order chi connectivity index (χ0) is 19.0. The van der Waals surface area contributed by atoms with Crippen molar-refractivity contribution in [3.8, 4) is 11.4 Å². The fraction of sp³-hybridized carbons (Fsp3) is 0.350. The molecule has 1 fully saturated rings. The van der Waals surface area contributed by atoms with Crippen LogP contribution in [0.5, 0.6) is 0 Å². The van der Waals surface area contributed by atoms with Crippen LogP contribution in [0.2, 0.25) is 5.02 Å². The first kappa shape index (κ1) is 18.1. The molecule has 7 heteroatoms. The van der Waals surface area contributed by atoms with Crippen molar-refractivity contribution in [2.75, 3.05) is 6.54 Å². The predicted molar refractivity (Wildman–Crippen MR) is 101 cm³/mol. The molecule has 3 heterocycles.